The van der Waals surface area contributed by atoms with E-state index in [-0.39, 0.29) is 0 Å². The molecule has 12 heavy (non-hydrogen) atoms. The van der Waals surface area contributed by atoms with Crippen LogP contribution >= 0.6 is 0 Å². The topological polar surface area (TPSA) is 72.2 Å². The molecule has 0 saturated heterocycles. The fraction of sp³-hybridized carbons (Fsp3) is 0.200. The molecule has 0 aliphatic heterocycles. The number of nitrogens with two attached hydrogens (primary N) is 1. The Morgan fingerprint density at radius 3 is 2.00 bits per heavy atom. The first-order valence-electron chi connectivity index (χ1n) is 2.62. The standard InChI is InChI=1S/C5H5F3N2O2/c1-2(4(12)10-9)3(11)5(6,7)8/h1,9H2,(H,10,12). The summed E-state index contributed by atoms with van der Waals surface area (Å²) < 4.78 is 34.7. The average molecular weight is 182 g/mol. The Bertz CT molecular complexity index is 233. The third-order valence-electron chi connectivity index (χ3n) is 0.937. The molecule has 1 amide bonds. The smallest absolute Gasteiger partial charge is 0.290 e. The molecule has 0 spiro atoms. The summed E-state index contributed by atoms with van der Waals surface area (Å²) in [7, 11) is 0. The van der Waals surface area contributed by atoms with E-state index in [0.717, 1.165) is 0 Å². The third-order valence-corrected chi connectivity index (χ3v) is 0.937. The van der Waals surface area contributed by atoms with Crippen LogP contribution in [0.4, 0.5) is 13.2 Å². The molecule has 0 aromatic carbocycles. The summed E-state index contributed by atoms with van der Waals surface area (Å²) in [6, 6.07) is 0. The summed E-state index contributed by atoms with van der Waals surface area (Å²) in [6.07, 6.45) is -5.09. The van der Waals surface area contributed by atoms with E-state index in [1.807, 2.05) is 0 Å². The molecule has 0 saturated carbocycles. The second kappa shape index (κ2) is 3.35. The van der Waals surface area contributed by atoms with Gasteiger partial charge >= 0.3 is 6.18 Å². The van der Waals surface area contributed by atoms with Crippen molar-refractivity contribution in [3.63, 3.8) is 0 Å². The van der Waals surface area contributed by atoms with Gasteiger partial charge in [0.15, 0.2) is 0 Å². The predicted octanol–water partition coefficient (Wildman–Crippen LogP) is -0.336. The highest BCUT2D eigenvalue weighted by molar-refractivity contribution is 6.20. The van der Waals surface area contributed by atoms with Crippen LogP contribution < -0.4 is 11.3 Å². The zero-order valence-corrected chi connectivity index (χ0v) is 5.73. The highest BCUT2D eigenvalue weighted by Gasteiger charge is 2.41. The lowest BCUT2D eigenvalue weighted by Gasteiger charge is -2.05. The molecule has 7 heteroatoms. The van der Waals surface area contributed by atoms with Crippen molar-refractivity contribution in [2.45, 2.75) is 6.18 Å². The van der Waals surface area contributed by atoms with Crippen molar-refractivity contribution in [3.05, 3.63) is 12.2 Å². The van der Waals surface area contributed by atoms with Gasteiger partial charge in [-0.25, -0.2) is 5.84 Å². The predicted molar refractivity (Wildman–Crippen MR) is 32.5 cm³/mol. The number of halogens is 3. The highest BCUT2D eigenvalue weighted by Crippen LogP contribution is 2.19. The van der Waals surface area contributed by atoms with E-state index in [0.29, 0.717) is 0 Å². The molecule has 0 fully saturated rings. The van der Waals surface area contributed by atoms with Crippen molar-refractivity contribution in [2.75, 3.05) is 0 Å². The normalized spacial score (nSPS) is 10.7. The molecule has 68 valence electrons. The summed E-state index contributed by atoms with van der Waals surface area (Å²) >= 11 is 0. The van der Waals surface area contributed by atoms with E-state index in [1.165, 1.54) is 5.43 Å². The Kier molecular flexibility index (Phi) is 2.97. The molecule has 0 unspecified atom stereocenters. The maximum Gasteiger partial charge on any atom is 0.455 e. The maximum atomic E-state index is 11.6. The molecule has 0 aromatic rings. The van der Waals surface area contributed by atoms with Crippen LogP contribution in [0.3, 0.4) is 0 Å². The van der Waals surface area contributed by atoms with Crippen LogP contribution in [0.25, 0.3) is 0 Å². The molecule has 0 aliphatic rings. The van der Waals surface area contributed by atoms with Crippen LogP contribution in [0.2, 0.25) is 0 Å². The number of ketones is 1. The Morgan fingerprint density at radius 1 is 1.33 bits per heavy atom. The molecule has 0 aromatic heterocycles. The maximum absolute atomic E-state index is 11.6. The number of nitrogens with one attached hydrogen (secondary N) is 1. The second-order valence-electron chi connectivity index (χ2n) is 1.78. The van der Waals surface area contributed by atoms with Crippen molar-refractivity contribution in [1.82, 2.24) is 5.43 Å². The SMILES string of the molecule is C=C(C(=O)NN)C(=O)C(F)(F)F. The summed E-state index contributed by atoms with van der Waals surface area (Å²) in [4.78, 5) is 20.6. The van der Waals surface area contributed by atoms with Crippen LogP contribution in [0.5, 0.6) is 0 Å². The lowest BCUT2D eigenvalue weighted by Crippen LogP contribution is -2.37. The molecule has 4 nitrogen and oxygen atoms in total. The first-order chi connectivity index (χ1) is 5.30. The molecule has 0 radical (unpaired) electrons. The fourth-order valence-electron chi connectivity index (χ4n) is 0.361. The minimum Gasteiger partial charge on any atom is -0.290 e. The highest BCUT2D eigenvalue weighted by atomic mass is 19.4. The summed E-state index contributed by atoms with van der Waals surface area (Å²) in [6.45, 7) is 2.63. The average Bonchev–Trinajstić information content (AvgIpc) is 1.98. The number of hydrazine groups is 1. The number of hydrogen-bond acceptors (Lipinski definition) is 3. The van der Waals surface area contributed by atoms with Gasteiger partial charge in [-0.1, -0.05) is 6.58 Å². The van der Waals surface area contributed by atoms with Gasteiger partial charge in [0.2, 0.25) is 0 Å². The van der Waals surface area contributed by atoms with Crippen molar-refractivity contribution in [2.24, 2.45) is 5.84 Å². The summed E-state index contributed by atoms with van der Waals surface area (Å²) in [5.41, 5.74) is 0.127. The van der Waals surface area contributed by atoms with Crippen LogP contribution in [-0.2, 0) is 9.59 Å². The summed E-state index contributed by atoms with van der Waals surface area (Å²) in [5, 5.41) is 0. The van der Waals surface area contributed by atoms with E-state index in [1.54, 1.807) is 0 Å². The van der Waals surface area contributed by atoms with E-state index in [4.69, 9.17) is 0 Å². The minimum absolute atomic E-state index is 1.23. The first kappa shape index (κ1) is 10.6. The molecule has 3 N–H and O–H groups in total. The zero-order chi connectivity index (χ0) is 9.94. The van der Waals surface area contributed by atoms with E-state index in [9.17, 15) is 22.8 Å². The Labute approximate surface area is 65.2 Å². The van der Waals surface area contributed by atoms with Gasteiger partial charge in [-0.3, -0.25) is 15.0 Å². The number of rotatable bonds is 2. The fourth-order valence-corrected chi connectivity index (χ4v) is 0.361. The van der Waals surface area contributed by atoms with Crippen LogP contribution in [0.15, 0.2) is 12.2 Å². The number of Topliss-reactive ketones (excluding diaryl/α,β-unsaturated/α-hetero) is 1. The molecule has 0 aliphatic carbocycles. The molecular formula is C5H5F3N2O2. The third kappa shape index (κ3) is 2.35. The van der Waals surface area contributed by atoms with Crippen LogP contribution in [-0.4, -0.2) is 17.9 Å². The Hall–Kier alpha value is -1.37. The van der Waals surface area contributed by atoms with Gasteiger partial charge in [-0.05, 0) is 0 Å². The molecular weight excluding hydrogens is 177 g/mol. The van der Waals surface area contributed by atoms with Crippen molar-refractivity contribution < 1.29 is 22.8 Å². The van der Waals surface area contributed by atoms with Crippen LogP contribution in [0, 0.1) is 0 Å². The lowest BCUT2D eigenvalue weighted by molar-refractivity contribution is -0.167. The van der Waals surface area contributed by atoms with Gasteiger partial charge < -0.3 is 0 Å². The quantitative estimate of drug-likeness (QED) is 0.153. The van der Waals surface area contributed by atoms with Crippen molar-refractivity contribution in [3.8, 4) is 0 Å². The largest absolute Gasteiger partial charge is 0.455 e. The minimum atomic E-state index is -5.09. The lowest BCUT2D eigenvalue weighted by atomic mass is 10.2. The van der Waals surface area contributed by atoms with Crippen molar-refractivity contribution >= 4 is 11.7 Å². The number of hydrogen-bond donors (Lipinski definition) is 2. The number of carbonyl (C=O) groups is 2. The first-order valence-corrected chi connectivity index (χ1v) is 2.62. The van der Waals surface area contributed by atoms with Gasteiger partial charge in [-0.15, -0.1) is 0 Å². The van der Waals surface area contributed by atoms with Gasteiger partial charge in [0.05, 0.1) is 5.57 Å². The monoisotopic (exact) mass is 182 g/mol. The van der Waals surface area contributed by atoms with E-state index < -0.39 is 23.4 Å². The van der Waals surface area contributed by atoms with E-state index in [2.05, 4.69) is 12.4 Å². The Morgan fingerprint density at radius 2 is 1.75 bits per heavy atom. The van der Waals surface area contributed by atoms with Gasteiger partial charge in [-0.2, -0.15) is 13.2 Å². The second-order valence-corrected chi connectivity index (χ2v) is 1.78. The number of alkyl halides is 3. The van der Waals surface area contributed by atoms with Gasteiger partial charge in [0.25, 0.3) is 11.7 Å². The summed E-state index contributed by atoms with van der Waals surface area (Å²) in [5.74, 6) is 0.824. The number of amides is 1. The molecule has 0 atom stereocenters. The van der Waals surface area contributed by atoms with Crippen LogP contribution in [0.1, 0.15) is 0 Å². The molecule has 0 heterocycles. The zero-order valence-electron chi connectivity index (χ0n) is 5.73. The van der Waals surface area contributed by atoms with E-state index >= 15 is 0 Å². The van der Waals surface area contributed by atoms with Gasteiger partial charge in [0, 0.05) is 0 Å². The van der Waals surface area contributed by atoms with Gasteiger partial charge in [0.1, 0.15) is 0 Å². The Balaban J connectivity index is 4.53. The number of carbonyl (C=O) groups excluding carboxylic acids is 2. The molecule has 0 bridgehead atoms. The van der Waals surface area contributed by atoms with Crippen molar-refractivity contribution in [1.29, 1.82) is 0 Å². The molecule has 0 rings (SSSR count).